The zero-order chi connectivity index (χ0) is 16.0. The normalized spacial score (nSPS) is 20.8. The first-order chi connectivity index (χ1) is 10.3. The minimum Gasteiger partial charge on any atom is -0.400 e. The number of hydrogen-bond acceptors (Lipinski definition) is 3. The van der Waals surface area contributed by atoms with Gasteiger partial charge < -0.3 is 14.3 Å². The predicted octanol–water partition coefficient (Wildman–Crippen LogP) is 4.11. The number of fused-ring (bicyclic) bond motifs is 1. The van der Waals surface area contributed by atoms with Crippen LogP contribution in [0.2, 0.25) is 0 Å². The van der Waals surface area contributed by atoms with E-state index in [1.165, 1.54) is 5.39 Å². The zero-order valence-corrected chi connectivity index (χ0v) is 14.4. The van der Waals surface area contributed by atoms with Gasteiger partial charge in [-0.15, -0.1) is 0 Å². The number of rotatable bonds is 3. The van der Waals surface area contributed by atoms with Crippen LogP contribution in [-0.4, -0.2) is 29.1 Å². The third kappa shape index (κ3) is 2.62. The topological polar surface area (TPSA) is 34.2 Å². The molecule has 5 heteroatoms. The van der Waals surface area contributed by atoms with Crippen LogP contribution >= 0.6 is 12.6 Å². The highest BCUT2D eigenvalue weighted by molar-refractivity contribution is 7.80. The summed E-state index contributed by atoms with van der Waals surface area (Å²) in [5.74, 6) is 0.595. The lowest BCUT2D eigenvalue weighted by Gasteiger charge is -2.32. The minimum absolute atomic E-state index is 0.334. The smallest absolute Gasteiger partial charge is 0.400 e. The van der Waals surface area contributed by atoms with Crippen molar-refractivity contribution in [3.63, 3.8) is 0 Å². The Morgan fingerprint density at radius 3 is 2.50 bits per heavy atom. The maximum Gasteiger partial charge on any atom is 0.491 e. The van der Waals surface area contributed by atoms with Crippen LogP contribution in [0.4, 0.5) is 0 Å². The Bertz CT molecular complexity index is 704. The van der Waals surface area contributed by atoms with Crippen molar-refractivity contribution in [1.82, 2.24) is 4.98 Å². The minimum atomic E-state index is -0.350. The SMILES string of the molecule is CC1(C)OB(C(=Cc2cccc3[nH]ccc23)CS)OC1(C)C. The molecular formula is C17H22BNO2S. The van der Waals surface area contributed by atoms with Gasteiger partial charge in [0, 0.05) is 22.9 Å². The standard InChI is InChI=1S/C17H22BNO2S/c1-16(2)17(3,4)21-18(20-16)13(11-22)10-12-6-5-7-15-14(12)8-9-19-15/h5-10,19,22H,11H2,1-4H3. The average molecular weight is 315 g/mol. The number of thiol groups is 1. The first-order valence-corrected chi connectivity index (χ1v) is 8.20. The molecule has 0 saturated carbocycles. The summed E-state index contributed by atoms with van der Waals surface area (Å²) in [5, 5.41) is 1.19. The van der Waals surface area contributed by atoms with Crippen LogP contribution in [0.15, 0.2) is 35.9 Å². The number of aromatic nitrogens is 1. The first kappa shape index (κ1) is 15.7. The fourth-order valence-electron chi connectivity index (χ4n) is 2.62. The van der Waals surface area contributed by atoms with Gasteiger partial charge in [0.15, 0.2) is 0 Å². The predicted molar refractivity (Wildman–Crippen MR) is 96.2 cm³/mol. The highest BCUT2D eigenvalue weighted by atomic mass is 32.1. The van der Waals surface area contributed by atoms with E-state index in [1.54, 1.807) is 0 Å². The molecule has 2 heterocycles. The fourth-order valence-corrected chi connectivity index (χ4v) is 2.86. The lowest BCUT2D eigenvalue weighted by atomic mass is 9.78. The van der Waals surface area contributed by atoms with E-state index in [2.05, 4.69) is 69.6 Å². The molecule has 1 aliphatic heterocycles. The molecule has 3 nitrogen and oxygen atoms in total. The number of aromatic amines is 1. The van der Waals surface area contributed by atoms with Gasteiger partial charge in [-0.1, -0.05) is 18.2 Å². The summed E-state index contributed by atoms with van der Waals surface area (Å²) >= 11 is 4.48. The van der Waals surface area contributed by atoms with Crippen LogP contribution in [0, 0.1) is 0 Å². The quantitative estimate of drug-likeness (QED) is 0.660. The summed E-state index contributed by atoms with van der Waals surface area (Å²) in [7, 11) is -0.350. The molecule has 1 fully saturated rings. The zero-order valence-electron chi connectivity index (χ0n) is 13.5. The summed E-state index contributed by atoms with van der Waals surface area (Å²) < 4.78 is 12.3. The van der Waals surface area contributed by atoms with Crippen molar-refractivity contribution in [2.45, 2.75) is 38.9 Å². The summed E-state index contributed by atoms with van der Waals surface area (Å²) in [6.07, 6.45) is 4.09. The van der Waals surface area contributed by atoms with Gasteiger partial charge in [-0.2, -0.15) is 12.6 Å². The second kappa shape index (κ2) is 5.48. The van der Waals surface area contributed by atoms with Gasteiger partial charge >= 0.3 is 7.12 Å². The number of hydrogen-bond donors (Lipinski definition) is 2. The Morgan fingerprint density at radius 1 is 1.18 bits per heavy atom. The molecule has 0 aliphatic carbocycles. The third-order valence-corrected chi connectivity index (χ3v) is 5.07. The van der Waals surface area contributed by atoms with Gasteiger partial charge in [0.05, 0.1) is 11.2 Å². The molecule has 1 saturated heterocycles. The summed E-state index contributed by atoms with van der Waals surface area (Å²) in [6.45, 7) is 8.26. The molecule has 2 aromatic rings. The first-order valence-electron chi connectivity index (χ1n) is 7.57. The molecular weight excluding hydrogens is 293 g/mol. The van der Waals surface area contributed by atoms with Crippen LogP contribution in [-0.2, 0) is 9.31 Å². The number of H-pyrrole nitrogens is 1. The van der Waals surface area contributed by atoms with E-state index in [0.29, 0.717) is 5.75 Å². The molecule has 1 aromatic carbocycles. The molecule has 1 N–H and O–H groups in total. The monoisotopic (exact) mass is 315 g/mol. The Hall–Kier alpha value is -1.17. The van der Waals surface area contributed by atoms with Crippen molar-refractivity contribution in [3.05, 3.63) is 41.5 Å². The van der Waals surface area contributed by atoms with E-state index >= 15 is 0 Å². The van der Waals surface area contributed by atoms with E-state index < -0.39 is 0 Å². The van der Waals surface area contributed by atoms with E-state index in [1.807, 2.05) is 12.3 Å². The van der Waals surface area contributed by atoms with E-state index in [9.17, 15) is 0 Å². The highest BCUT2D eigenvalue weighted by Gasteiger charge is 2.52. The summed E-state index contributed by atoms with van der Waals surface area (Å²) in [6, 6.07) is 8.30. The Labute approximate surface area is 137 Å². The Balaban J connectivity index is 1.97. The van der Waals surface area contributed by atoms with Gasteiger partial charge in [-0.3, -0.25) is 0 Å². The van der Waals surface area contributed by atoms with Crippen LogP contribution in [0.5, 0.6) is 0 Å². The lowest BCUT2D eigenvalue weighted by molar-refractivity contribution is 0.00578. The summed E-state index contributed by atoms with van der Waals surface area (Å²) in [4.78, 5) is 3.24. The van der Waals surface area contributed by atoms with Gasteiger partial charge in [0.25, 0.3) is 0 Å². The molecule has 1 aliphatic rings. The number of benzene rings is 1. The molecule has 0 bridgehead atoms. The van der Waals surface area contributed by atoms with Crippen molar-refractivity contribution >= 4 is 36.7 Å². The molecule has 22 heavy (non-hydrogen) atoms. The second-order valence-corrected chi connectivity index (χ2v) is 7.07. The Morgan fingerprint density at radius 2 is 1.86 bits per heavy atom. The van der Waals surface area contributed by atoms with E-state index in [4.69, 9.17) is 9.31 Å². The average Bonchev–Trinajstić information content (AvgIpc) is 2.99. The van der Waals surface area contributed by atoms with Crippen LogP contribution in [0.3, 0.4) is 0 Å². The molecule has 0 atom stereocenters. The van der Waals surface area contributed by atoms with Gasteiger partial charge in [0.2, 0.25) is 0 Å². The van der Waals surface area contributed by atoms with Gasteiger partial charge in [-0.25, -0.2) is 0 Å². The highest BCUT2D eigenvalue weighted by Crippen LogP contribution is 2.39. The maximum absolute atomic E-state index is 6.14. The molecule has 0 spiro atoms. The van der Waals surface area contributed by atoms with Crippen molar-refractivity contribution in [1.29, 1.82) is 0 Å². The van der Waals surface area contributed by atoms with Crippen molar-refractivity contribution < 1.29 is 9.31 Å². The fraction of sp³-hybridized carbons (Fsp3) is 0.412. The van der Waals surface area contributed by atoms with Gasteiger partial charge in [0.1, 0.15) is 0 Å². The molecule has 0 radical (unpaired) electrons. The van der Waals surface area contributed by atoms with E-state index in [-0.39, 0.29) is 18.3 Å². The number of nitrogens with one attached hydrogen (secondary N) is 1. The third-order valence-electron chi connectivity index (χ3n) is 4.71. The molecule has 0 amide bonds. The van der Waals surface area contributed by atoms with Crippen molar-refractivity contribution in [3.8, 4) is 0 Å². The Kier molecular flexibility index (Phi) is 3.92. The van der Waals surface area contributed by atoms with Gasteiger partial charge in [-0.05, 0) is 50.9 Å². The molecule has 0 unspecified atom stereocenters. The largest absolute Gasteiger partial charge is 0.491 e. The van der Waals surface area contributed by atoms with Crippen LogP contribution in [0.1, 0.15) is 33.3 Å². The van der Waals surface area contributed by atoms with Crippen LogP contribution in [0.25, 0.3) is 17.0 Å². The summed E-state index contributed by atoms with van der Waals surface area (Å²) in [5.41, 5.74) is 2.65. The molecule has 3 rings (SSSR count). The lowest BCUT2D eigenvalue weighted by Crippen LogP contribution is -2.41. The molecule has 116 valence electrons. The van der Waals surface area contributed by atoms with Crippen molar-refractivity contribution in [2.75, 3.05) is 5.75 Å². The van der Waals surface area contributed by atoms with Crippen molar-refractivity contribution in [2.24, 2.45) is 0 Å². The van der Waals surface area contributed by atoms with E-state index in [0.717, 1.165) is 16.6 Å². The molecule has 1 aromatic heterocycles. The maximum atomic E-state index is 6.14. The van der Waals surface area contributed by atoms with Crippen LogP contribution < -0.4 is 0 Å². The second-order valence-electron chi connectivity index (χ2n) is 6.75.